The summed E-state index contributed by atoms with van der Waals surface area (Å²) in [5.74, 6) is -0.0854. The fourth-order valence-electron chi connectivity index (χ4n) is 3.69. The Balaban J connectivity index is 1.85. The van der Waals surface area contributed by atoms with Crippen molar-refractivity contribution in [1.82, 2.24) is 14.7 Å². The van der Waals surface area contributed by atoms with Crippen LogP contribution in [0.1, 0.15) is 42.6 Å². The number of aromatic nitrogens is 2. The fraction of sp³-hybridized carbons (Fsp3) is 0.318. The second kappa shape index (κ2) is 7.74. The molecule has 3 aromatic rings. The Morgan fingerprint density at radius 1 is 0.778 bits per heavy atom. The first-order valence-corrected chi connectivity index (χ1v) is 9.62. The number of benzene rings is 2. The number of carbonyl (C=O) groups is 1. The summed E-state index contributed by atoms with van der Waals surface area (Å²) in [6.45, 7) is 1.50. The molecule has 0 aliphatic carbocycles. The Morgan fingerprint density at radius 2 is 1.37 bits per heavy atom. The number of fused-ring (bicyclic) bond motifs is 1. The Bertz CT molecular complexity index is 1000. The van der Waals surface area contributed by atoms with E-state index in [4.69, 9.17) is 0 Å². The van der Waals surface area contributed by atoms with E-state index in [2.05, 4.69) is 5.10 Å². The SMILES string of the molecule is O=C(c1nn(-c2ccccc2)c(=O)c2ccccc12)N1CCCCCCC1. The summed E-state index contributed by atoms with van der Waals surface area (Å²) in [7, 11) is 0. The van der Waals surface area contributed by atoms with Crippen molar-refractivity contribution < 1.29 is 4.79 Å². The molecular formula is C22H23N3O2. The van der Waals surface area contributed by atoms with Crippen molar-refractivity contribution in [2.75, 3.05) is 13.1 Å². The summed E-state index contributed by atoms with van der Waals surface area (Å²) in [6.07, 6.45) is 5.58. The molecular weight excluding hydrogens is 338 g/mol. The normalized spacial score (nSPS) is 15.3. The Labute approximate surface area is 158 Å². The van der Waals surface area contributed by atoms with E-state index >= 15 is 0 Å². The van der Waals surface area contributed by atoms with E-state index in [9.17, 15) is 9.59 Å². The Morgan fingerprint density at radius 3 is 2.07 bits per heavy atom. The standard InChI is InChI=1S/C22H23N3O2/c26-21-19-14-8-7-13-18(19)20(23-25(21)17-11-5-4-6-12-17)22(27)24-15-9-2-1-3-10-16-24/h4-8,11-14H,1-3,9-10,15-16H2. The molecule has 1 amide bonds. The topological polar surface area (TPSA) is 55.2 Å². The van der Waals surface area contributed by atoms with Crippen LogP contribution in [0.25, 0.3) is 16.5 Å². The highest BCUT2D eigenvalue weighted by atomic mass is 16.2. The Kier molecular flexibility index (Phi) is 5.01. The molecule has 1 aliphatic rings. The first-order chi connectivity index (χ1) is 13.3. The van der Waals surface area contributed by atoms with E-state index in [0.717, 1.165) is 38.8 Å². The van der Waals surface area contributed by atoms with E-state index in [1.54, 1.807) is 6.07 Å². The van der Waals surface area contributed by atoms with Gasteiger partial charge in [0.05, 0.1) is 11.1 Å². The molecule has 4 rings (SSSR count). The van der Waals surface area contributed by atoms with E-state index in [1.807, 2.05) is 53.4 Å². The number of amides is 1. The number of para-hydroxylation sites is 1. The van der Waals surface area contributed by atoms with Crippen LogP contribution in [-0.2, 0) is 0 Å². The molecule has 1 aliphatic heterocycles. The number of nitrogens with zero attached hydrogens (tertiary/aromatic N) is 3. The quantitative estimate of drug-likeness (QED) is 0.698. The van der Waals surface area contributed by atoms with E-state index in [0.29, 0.717) is 22.2 Å². The molecule has 27 heavy (non-hydrogen) atoms. The Hall–Kier alpha value is -2.95. The zero-order valence-electron chi connectivity index (χ0n) is 15.3. The van der Waals surface area contributed by atoms with Crippen molar-refractivity contribution in [2.24, 2.45) is 0 Å². The highest BCUT2D eigenvalue weighted by molar-refractivity contribution is 6.04. The van der Waals surface area contributed by atoms with E-state index in [-0.39, 0.29) is 11.5 Å². The molecule has 0 atom stereocenters. The van der Waals surface area contributed by atoms with Crippen LogP contribution < -0.4 is 5.56 Å². The van der Waals surface area contributed by atoms with Gasteiger partial charge in [-0.3, -0.25) is 9.59 Å². The minimum atomic E-state index is -0.207. The molecule has 138 valence electrons. The van der Waals surface area contributed by atoms with Crippen LogP contribution in [0.2, 0.25) is 0 Å². The number of likely N-dealkylation sites (tertiary alicyclic amines) is 1. The number of carbonyl (C=O) groups excluding carboxylic acids is 1. The number of rotatable bonds is 2. The maximum absolute atomic E-state index is 13.3. The summed E-state index contributed by atoms with van der Waals surface area (Å²) >= 11 is 0. The van der Waals surface area contributed by atoms with Gasteiger partial charge in [0.15, 0.2) is 5.69 Å². The summed E-state index contributed by atoms with van der Waals surface area (Å²) in [5.41, 5.74) is 0.811. The van der Waals surface area contributed by atoms with Gasteiger partial charge in [-0.05, 0) is 31.0 Å². The van der Waals surface area contributed by atoms with Gasteiger partial charge in [0.25, 0.3) is 11.5 Å². The second-order valence-corrected chi connectivity index (χ2v) is 7.01. The van der Waals surface area contributed by atoms with Gasteiger partial charge < -0.3 is 4.90 Å². The minimum absolute atomic E-state index is 0.0854. The first-order valence-electron chi connectivity index (χ1n) is 9.62. The number of hydrogen-bond acceptors (Lipinski definition) is 3. The monoisotopic (exact) mass is 361 g/mol. The zero-order chi connectivity index (χ0) is 18.6. The molecule has 0 unspecified atom stereocenters. The van der Waals surface area contributed by atoms with Gasteiger partial charge in [-0.15, -0.1) is 0 Å². The molecule has 0 bridgehead atoms. The fourth-order valence-corrected chi connectivity index (χ4v) is 3.69. The maximum atomic E-state index is 13.3. The molecule has 0 saturated carbocycles. The van der Waals surface area contributed by atoms with Crippen molar-refractivity contribution in [3.05, 3.63) is 70.6 Å². The van der Waals surface area contributed by atoms with Crippen LogP contribution in [-0.4, -0.2) is 33.7 Å². The molecule has 0 radical (unpaired) electrons. The zero-order valence-corrected chi connectivity index (χ0v) is 15.3. The molecule has 1 fully saturated rings. The van der Waals surface area contributed by atoms with Gasteiger partial charge in [0, 0.05) is 18.5 Å². The van der Waals surface area contributed by atoms with Crippen LogP contribution >= 0.6 is 0 Å². The third-order valence-electron chi connectivity index (χ3n) is 5.15. The molecule has 2 aromatic carbocycles. The van der Waals surface area contributed by atoms with Gasteiger partial charge in [-0.1, -0.05) is 55.7 Å². The van der Waals surface area contributed by atoms with Crippen LogP contribution in [0, 0.1) is 0 Å². The third kappa shape index (κ3) is 3.50. The lowest BCUT2D eigenvalue weighted by atomic mass is 10.1. The van der Waals surface area contributed by atoms with E-state index in [1.165, 1.54) is 11.1 Å². The van der Waals surface area contributed by atoms with Gasteiger partial charge >= 0.3 is 0 Å². The van der Waals surface area contributed by atoms with Crippen LogP contribution in [0.4, 0.5) is 0 Å². The van der Waals surface area contributed by atoms with E-state index < -0.39 is 0 Å². The second-order valence-electron chi connectivity index (χ2n) is 7.01. The summed E-state index contributed by atoms with van der Waals surface area (Å²) < 4.78 is 1.35. The molecule has 2 heterocycles. The summed E-state index contributed by atoms with van der Waals surface area (Å²) in [4.78, 5) is 28.2. The first kappa shape index (κ1) is 17.5. The van der Waals surface area contributed by atoms with Crippen molar-refractivity contribution >= 4 is 16.7 Å². The van der Waals surface area contributed by atoms with Gasteiger partial charge in [0.2, 0.25) is 0 Å². The van der Waals surface area contributed by atoms with Gasteiger partial charge in [-0.25, -0.2) is 0 Å². The van der Waals surface area contributed by atoms with Crippen molar-refractivity contribution in [3.63, 3.8) is 0 Å². The molecule has 1 saturated heterocycles. The summed E-state index contributed by atoms with van der Waals surface area (Å²) in [6, 6.07) is 16.5. The molecule has 0 N–H and O–H groups in total. The van der Waals surface area contributed by atoms with Gasteiger partial charge in [0.1, 0.15) is 0 Å². The van der Waals surface area contributed by atoms with Crippen LogP contribution in [0.5, 0.6) is 0 Å². The third-order valence-corrected chi connectivity index (χ3v) is 5.15. The average Bonchev–Trinajstić information content (AvgIpc) is 2.68. The largest absolute Gasteiger partial charge is 0.337 e. The molecule has 5 heteroatoms. The van der Waals surface area contributed by atoms with Crippen LogP contribution in [0.3, 0.4) is 0 Å². The highest BCUT2D eigenvalue weighted by Crippen LogP contribution is 2.19. The molecule has 1 aromatic heterocycles. The van der Waals surface area contributed by atoms with Gasteiger partial charge in [-0.2, -0.15) is 9.78 Å². The lowest BCUT2D eigenvalue weighted by Gasteiger charge is -2.25. The van der Waals surface area contributed by atoms with Crippen LogP contribution in [0.15, 0.2) is 59.4 Å². The molecule has 0 spiro atoms. The van der Waals surface area contributed by atoms with Crippen molar-refractivity contribution in [1.29, 1.82) is 0 Å². The van der Waals surface area contributed by atoms with Crippen molar-refractivity contribution in [2.45, 2.75) is 32.1 Å². The average molecular weight is 361 g/mol. The summed E-state index contributed by atoms with van der Waals surface area (Å²) in [5, 5.41) is 5.66. The smallest absolute Gasteiger partial charge is 0.279 e. The molecule has 5 nitrogen and oxygen atoms in total. The minimum Gasteiger partial charge on any atom is -0.337 e. The lowest BCUT2D eigenvalue weighted by molar-refractivity contribution is 0.0737. The highest BCUT2D eigenvalue weighted by Gasteiger charge is 2.22. The predicted octanol–water partition coefficient (Wildman–Crippen LogP) is 3.79. The maximum Gasteiger partial charge on any atom is 0.279 e. The lowest BCUT2D eigenvalue weighted by Crippen LogP contribution is -2.36. The van der Waals surface area contributed by atoms with Crippen molar-refractivity contribution in [3.8, 4) is 5.69 Å². The predicted molar refractivity (Wildman–Crippen MR) is 106 cm³/mol. The number of hydrogen-bond donors (Lipinski definition) is 0.